The number of carbonyl (C=O) groups is 2. The standard InChI is InChI=1S/C21H24Cl2N4O7S/c22-7-10-26(11-8-23)19-6-3-16(27(30)31)14-18(19)21(29)25-9-12-34-20(28)13-15-1-4-17(5-2-15)35(24,32)33/h1-6,14H,7-13H2,(H,25,29)(H2,24,32,33). The summed E-state index contributed by atoms with van der Waals surface area (Å²) in [5.74, 6) is -0.660. The molecule has 0 saturated carbocycles. The number of esters is 1. The minimum Gasteiger partial charge on any atom is -0.464 e. The van der Waals surface area contributed by atoms with Crippen LogP contribution >= 0.6 is 23.2 Å². The fraction of sp³-hybridized carbons (Fsp3) is 0.333. The number of hydrogen-bond donors (Lipinski definition) is 2. The highest BCUT2D eigenvalue weighted by molar-refractivity contribution is 7.89. The Labute approximate surface area is 212 Å². The number of alkyl halides is 2. The monoisotopic (exact) mass is 546 g/mol. The quantitative estimate of drug-likeness (QED) is 0.127. The van der Waals surface area contributed by atoms with Crippen LogP contribution in [-0.2, 0) is 26.0 Å². The first-order valence-electron chi connectivity index (χ1n) is 10.3. The lowest BCUT2D eigenvalue weighted by molar-refractivity contribution is -0.384. The van der Waals surface area contributed by atoms with Crippen molar-refractivity contribution in [2.24, 2.45) is 5.14 Å². The number of nitro groups is 1. The van der Waals surface area contributed by atoms with E-state index in [1.54, 1.807) is 4.90 Å². The van der Waals surface area contributed by atoms with Crippen molar-refractivity contribution in [1.29, 1.82) is 0 Å². The number of nitrogens with zero attached hydrogens (tertiary/aromatic N) is 2. The van der Waals surface area contributed by atoms with Gasteiger partial charge in [0.2, 0.25) is 10.0 Å². The van der Waals surface area contributed by atoms with Crippen LogP contribution in [0.1, 0.15) is 15.9 Å². The molecule has 0 atom stereocenters. The van der Waals surface area contributed by atoms with Crippen molar-refractivity contribution in [2.45, 2.75) is 11.3 Å². The summed E-state index contributed by atoms with van der Waals surface area (Å²) in [6.45, 7) is 0.573. The van der Waals surface area contributed by atoms with Crippen LogP contribution < -0.4 is 15.4 Å². The minimum absolute atomic E-state index is 0.0396. The maximum Gasteiger partial charge on any atom is 0.310 e. The molecule has 35 heavy (non-hydrogen) atoms. The zero-order chi connectivity index (χ0) is 26.0. The second-order valence-corrected chi connectivity index (χ2v) is 9.48. The first kappa shape index (κ1) is 28.3. The lowest BCUT2D eigenvalue weighted by Crippen LogP contribution is -2.33. The van der Waals surface area contributed by atoms with Crippen molar-refractivity contribution in [1.82, 2.24) is 5.32 Å². The third-order valence-corrected chi connectivity index (χ3v) is 6.00. The molecule has 1 amide bonds. The van der Waals surface area contributed by atoms with Crippen molar-refractivity contribution in [3.8, 4) is 0 Å². The number of rotatable bonds is 13. The van der Waals surface area contributed by atoms with Crippen LogP contribution in [0.2, 0.25) is 0 Å². The summed E-state index contributed by atoms with van der Waals surface area (Å²) in [5.41, 5.74) is 0.770. The number of benzene rings is 2. The number of nitrogens with two attached hydrogens (primary N) is 1. The van der Waals surface area contributed by atoms with Crippen LogP contribution in [0.15, 0.2) is 47.4 Å². The molecule has 0 heterocycles. The maximum atomic E-state index is 12.8. The first-order chi connectivity index (χ1) is 16.6. The second kappa shape index (κ2) is 13.2. The van der Waals surface area contributed by atoms with Gasteiger partial charge in [0.25, 0.3) is 11.6 Å². The summed E-state index contributed by atoms with van der Waals surface area (Å²) >= 11 is 11.7. The Kier molecular flexibility index (Phi) is 10.7. The van der Waals surface area contributed by atoms with Crippen molar-refractivity contribution in [3.63, 3.8) is 0 Å². The molecular formula is C21H24Cl2N4O7S. The Balaban J connectivity index is 1.98. The average molecular weight is 547 g/mol. The van der Waals surface area contributed by atoms with Gasteiger partial charge in [-0.25, -0.2) is 13.6 Å². The molecule has 2 aromatic carbocycles. The molecule has 0 saturated heterocycles. The van der Waals surface area contributed by atoms with Gasteiger partial charge in [0, 0.05) is 37.0 Å². The van der Waals surface area contributed by atoms with E-state index in [-0.39, 0.29) is 47.5 Å². The van der Waals surface area contributed by atoms with E-state index in [0.29, 0.717) is 24.3 Å². The van der Waals surface area contributed by atoms with Gasteiger partial charge in [0.15, 0.2) is 0 Å². The van der Waals surface area contributed by atoms with E-state index in [2.05, 4.69) is 5.32 Å². The van der Waals surface area contributed by atoms with Gasteiger partial charge < -0.3 is 15.0 Å². The third kappa shape index (κ3) is 8.66. The summed E-state index contributed by atoms with van der Waals surface area (Å²) < 4.78 is 27.7. The number of nitrogens with one attached hydrogen (secondary N) is 1. The Morgan fingerprint density at radius 3 is 2.26 bits per heavy atom. The number of non-ortho nitro benzene ring substituents is 1. The van der Waals surface area contributed by atoms with Crippen LogP contribution in [0.5, 0.6) is 0 Å². The van der Waals surface area contributed by atoms with Gasteiger partial charge in [0.1, 0.15) is 6.61 Å². The highest BCUT2D eigenvalue weighted by Gasteiger charge is 2.20. The fourth-order valence-corrected chi connectivity index (χ4v) is 4.01. The zero-order valence-electron chi connectivity index (χ0n) is 18.5. The molecule has 190 valence electrons. The molecule has 0 aliphatic heterocycles. The number of amides is 1. The van der Waals surface area contributed by atoms with Crippen molar-refractivity contribution in [2.75, 3.05) is 42.9 Å². The van der Waals surface area contributed by atoms with Crippen LogP contribution in [0.3, 0.4) is 0 Å². The summed E-state index contributed by atoms with van der Waals surface area (Å²) in [6.07, 6.45) is -0.111. The first-order valence-corrected chi connectivity index (χ1v) is 12.9. The van der Waals surface area contributed by atoms with E-state index in [0.717, 1.165) is 6.07 Å². The molecule has 0 fully saturated rings. The highest BCUT2D eigenvalue weighted by atomic mass is 35.5. The summed E-state index contributed by atoms with van der Waals surface area (Å²) in [5, 5.41) is 18.8. The SMILES string of the molecule is NS(=O)(=O)c1ccc(CC(=O)OCCNC(=O)c2cc([N+](=O)[O-])ccc2N(CCCl)CCCl)cc1. The molecule has 2 rings (SSSR count). The predicted molar refractivity (Wildman–Crippen MR) is 132 cm³/mol. The molecule has 2 aromatic rings. The third-order valence-electron chi connectivity index (χ3n) is 4.74. The number of anilines is 1. The lowest BCUT2D eigenvalue weighted by atomic mass is 10.1. The Morgan fingerprint density at radius 1 is 1.09 bits per heavy atom. The van der Waals surface area contributed by atoms with E-state index >= 15 is 0 Å². The number of sulfonamides is 1. The minimum atomic E-state index is -3.83. The molecule has 0 aromatic heterocycles. The largest absolute Gasteiger partial charge is 0.464 e. The Hall–Kier alpha value is -2.93. The van der Waals surface area contributed by atoms with Gasteiger partial charge in [-0.3, -0.25) is 19.7 Å². The number of nitro benzene ring substituents is 1. The normalized spacial score (nSPS) is 11.1. The second-order valence-electron chi connectivity index (χ2n) is 7.17. The van der Waals surface area contributed by atoms with Crippen molar-refractivity contribution < 1.29 is 27.7 Å². The van der Waals surface area contributed by atoms with Gasteiger partial charge in [-0.2, -0.15) is 0 Å². The van der Waals surface area contributed by atoms with Gasteiger partial charge in [0.05, 0.1) is 34.0 Å². The number of ether oxygens (including phenoxy) is 1. The van der Waals surface area contributed by atoms with Gasteiger partial charge in [-0.15, -0.1) is 23.2 Å². The Bertz CT molecular complexity index is 1150. The summed E-state index contributed by atoms with van der Waals surface area (Å²) in [4.78, 5) is 37.1. The highest BCUT2D eigenvalue weighted by Crippen LogP contribution is 2.26. The van der Waals surface area contributed by atoms with Crippen molar-refractivity contribution >= 4 is 56.5 Å². The van der Waals surface area contributed by atoms with E-state index in [4.69, 9.17) is 33.1 Å². The van der Waals surface area contributed by atoms with Gasteiger partial charge in [-0.1, -0.05) is 12.1 Å². The van der Waals surface area contributed by atoms with Crippen LogP contribution in [0.4, 0.5) is 11.4 Å². The number of hydrogen-bond acceptors (Lipinski definition) is 8. The Morgan fingerprint density at radius 2 is 1.71 bits per heavy atom. The molecule has 0 bridgehead atoms. The zero-order valence-corrected chi connectivity index (χ0v) is 20.8. The molecule has 0 radical (unpaired) electrons. The average Bonchev–Trinajstić information content (AvgIpc) is 2.81. The van der Waals surface area contributed by atoms with E-state index < -0.39 is 26.8 Å². The molecule has 0 aliphatic carbocycles. The molecular weight excluding hydrogens is 523 g/mol. The predicted octanol–water partition coefficient (Wildman–Crippen LogP) is 2.04. The number of primary sulfonamides is 1. The fourth-order valence-electron chi connectivity index (χ4n) is 3.09. The van der Waals surface area contributed by atoms with Crippen LogP contribution in [0.25, 0.3) is 0 Å². The summed E-state index contributed by atoms with van der Waals surface area (Å²) in [6, 6.07) is 9.38. The lowest BCUT2D eigenvalue weighted by Gasteiger charge is -2.25. The van der Waals surface area contributed by atoms with Gasteiger partial charge >= 0.3 is 5.97 Å². The smallest absolute Gasteiger partial charge is 0.310 e. The van der Waals surface area contributed by atoms with Gasteiger partial charge in [-0.05, 0) is 23.8 Å². The molecule has 0 spiro atoms. The number of carbonyl (C=O) groups excluding carboxylic acids is 2. The molecule has 0 aliphatic rings. The van der Waals surface area contributed by atoms with Crippen molar-refractivity contribution in [3.05, 3.63) is 63.7 Å². The maximum absolute atomic E-state index is 12.8. The molecule has 14 heteroatoms. The number of halogens is 2. The molecule has 3 N–H and O–H groups in total. The van der Waals surface area contributed by atoms with E-state index in [1.165, 1.54) is 36.4 Å². The molecule has 0 unspecified atom stereocenters. The topological polar surface area (TPSA) is 162 Å². The van der Waals surface area contributed by atoms with Crippen LogP contribution in [-0.4, -0.2) is 63.2 Å². The van der Waals surface area contributed by atoms with Crippen LogP contribution in [0, 0.1) is 10.1 Å². The van der Waals surface area contributed by atoms with E-state index in [1.807, 2.05) is 0 Å². The summed E-state index contributed by atoms with van der Waals surface area (Å²) in [7, 11) is -3.83. The molecule has 11 nitrogen and oxygen atoms in total. The van der Waals surface area contributed by atoms with E-state index in [9.17, 15) is 28.1 Å².